The second kappa shape index (κ2) is 9.61. The maximum Gasteiger partial charge on any atom is 0.291 e. The minimum absolute atomic E-state index is 0.325. The van der Waals surface area contributed by atoms with Crippen LogP contribution in [0.2, 0.25) is 0 Å². The van der Waals surface area contributed by atoms with Gasteiger partial charge in [-0.05, 0) is 53.0 Å². The average Bonchev–Trinajstić information content (AvgIpc) is 3.10. The number of carbonyl (C=O) groups excluding carboxylic acids is 1. The Kier molecular flexibility index (Phi) is 6.95. The Hall–Kier alpha value is -2.51. The zero-order valence-corrected chi connectivity index (χ0v) is 18.0. The van der Waals surface area contributed by atoms with Crippen molar-refractivity contribution in [2.75, 3.05) is 6.61 Å². The van der Waals surface area contributed by atoms with Gasteiger partial charge in [0.1, 0.15) is 16.5 Å². The van der Waals surface area contributed by atoms with E-state index < -0.39 is 0 Å². The van der Waals surface area contributed by atoms with Crippen LogP contribution in [-0.2, 0) is 0 Å². The van der Waals surface area contributed by atoms with E-state index in [4.69, 9.17) is 4.74 Å². The first-order chi connectivity index (χ1) is 13.6. The maximum absolute atomic E-state index is 12.4. The van der Waals surface area contributed by atoms with Crippen molar-refractivity contribution >= 4 is 39.4 Å². The van der Waals surface area contributed by atoms with Crippen molar-refractivity contribution in [3.8, 4) is 16.3 Å². The van der Waals surface area contributed by atoms with Crippen molar-refractivity contribution in [2.24, 2.45) is 5.10 Å². The molecule has 0 spiro atoms. The van der Waals surface area contributed by atoms with Crippen LogP contribution in [0.25, 0.3) is 10.6 Å². The van der Waals surface area contributed by atoms with E-state index in [-0.39, 0.29) is 5.91 Å². The summed E-state index contributed by atoms with van der Waals surface area (Å²) in [4.78, 5) is 17.8. The third kappa shape index (κ3) is 5.05. The summed E-state index contributed by atoms with van der Waals surface area (Å²) in [6, 6.07) is 15.5. The summed E-state index contributed by atoms with van der Waals surface area (Å²) in [5.41, 5.74) is 4.78. The molecule has 144 valence electrons. The Labute approximate surface area is 176 Å². The van der Waals surface area contributed by atoms with Gasteiger partial charge in [0.25, 0.3) is 5.91 Å². The molecule has 0 unspecified atom stereocenters. The SMILES string of the molecule is CCCOc1ccc(/C=N\NC(=O)c2nc(-c3ccccc3)sc2C)cc1Br. The summed E-state index contributed by atoms with van der Waals surface area (Å²) in [5, 5.41) is 4.87. The molecular weight excluding hydrogens is 438 g/mol. The van der Waals surface area contributed by atoms with Crippen LogP contribution in [0.15, 0.2) is 58.1 Å². The Bertz CT molecular complexity index is 987. The zero-order valence-electron chi connectivity index (χ0n) is 15.6. The lowest BCUT2D eigenvalue weighted by Gasteiger charge is -2.07. The molecule has 0 bridgehead atoms. The minimum Gasteiger partial charge on any atom is -0.492 e. The molecule has 1 N–H and O–H groups in total. The molecular formula is C21H20BrN3O2S. The van der Waals surface area contributed by atoms with Gasteiger partial charge in [0.2, 0.25) is 0 Å². The van der Waals surface area contributed by atoms with E-state index in [0.29, 0.717) is 12.3 Å². The highest BCUT2D eigenvalue weighted by Gasteiger charge is 2.15. The number of carbonyl (C=O) groups is 1. The molecule has 1 amide bonds. The van der Waals surface area contributed by atoms with Crippen LogP contribution in [0, 0.1) is 6.92 Å². The van der Waals surface area contributed by atoms with E-state index >= 15 is 0 Å². The van der Waals surface area contributed by atoms with E-state index in [1.165, 1.54) is 11.3 Å². The van der Waals surface area contributed by atoms with Gasteiger partial charge in [0.15, 0.2) is 0 Å². The molecule has 3 rings (SSSR count). The van der Waals surface area contributed by atoms with Crippen molar-refractivity contribution < 1.29 is 9.53 Å². The Morgan fingerprint density at radius 2 is 2.07 bits per heavy atom. The second-order valence-electron chi connectivity index (χ2n) is 6.03. The van der Waals surface area contributed by atoms with Gasteiger partial charge >= 0.3 is 0 Å². The third-order valence-corrected chi connectivity index (χ3v) is 5.47. The highest BCUT2D eigenvalue weighted by molar-refractivity contribution is 9.10. The van der Waals surface area contributed by atoms with Crippen molar-refractivity contribution in [2.45, 2.75) is 20.3 Å². The molecule has 0 atom stereocenters. The Balaban J connectivity index is 1.66. The van der Waals surface area contributed by atoms with E-state index in [1.807, 2.05) is 55.5 Å². The molecule has 0 aliphatic carbocycles. The van der Waals surface area contributed by atoms with Gasteiger partial charge in [0.05, 0.1) is 17.3 Å². The lowest BCUT2D eigenvalue weighted by atomic mass is 10.2. The third-order valence-electron chi connectivity index (χ3n) is 3.83. The predicted molar refractivity (Wildman–Crippen MR) is 117 cm³/mol. The van der Waals surface area contributed by atoms with Gasteiger partial charge in [-0.1, -0.05) is 37.3 Å². The van der Waals surface area contributed by atoms with Crippen LogP contribution in [-0.4, -0.2) is 23.7 Å². The summed E-state index contributed by atoms with van der Waals surface area (Å²) >= 11 is 4.98. The van der Waals surface area contributed by atoms with Gasteiger partial charge in [-0.15, -0.1) is 11.3 Å². The molecule has 0 fully saturated rings. The van der Waals surface area contributed by atoms with Crippen molar-refractivity contribution in [1.82, 2.24) is 10.4 Å². The second-order valence-corrected chi connectivity index (χ2v) is 8.08. The molecule has 1 aromatic heterocycles. The molecule has 0 saturated carbocycles. The summed E-state index contributed by atoms with van der Waals surface area (Å²) in [6.07, 6.45) is 2.54. The van der Waals surface area contributed by atoms with Crippen molar-refractivity contribution in [3.63, 3.8) is 0 Å². The number of aromatic nitrogens is 1. The van der Waals surface area contributed by atoms with Crippen LogP contribution >= 0.6 is 27.3 Å². The lowest BCUT2D eigenvalue weighted by Crippen LogP contribution is -2.18. The van der Waals surface area contributed by atoms with Crippen molar-refractivity contribution in [1.29, 1.82) is 0 Å². The first-order valence-electron chi connectivity index (χ1n) is 8.87. The maximum atomic E-state index is 12.4. The summed E-state index contributed by atoms with van der Waals surface area (Å²) in [7, 11) is 0. The first kappa shape index (κ1) is 20.2. The van der Waals surface area contributed by atoms with Crippen LogP contribution in [0.3, 0.4) is 0 Å². The van der Waals surface area contributed by atoms with Gasteiger partial charge in [-0.2, -0.15) is 5.10 Å². The van der Waals surface area contributed by atoms with Gasteiger partial charge < -0.3 is 4.74 Å². The number of rotatable bonds is 7. The van der Waals surface area contributed by atoms with Crippen LogP contribution in [0.4, 0.5) is 0 Å². The number of nitrogens with one attached hydrogen (secondary N) is 1. The van der Waals surface area contributed by atoms with E-state index in [1.54, 1.807) is 6.21 Å². The number of halogens is 1. The van der Waals surface area contributed by atoms with Crippen molar-refractivity contribution in [3.05, 3.63) is 69.1 Å². The molecule has 5 nitrogen and oxygen atoms in total. The molecule has 3 aromatic rings. The van der Waals surface area contributed by atoms with E-state index in [0.717, 1.165) is 37.7 Å². The summed E-state index contributed by atoms with van der Waals surface area (Å²) in [5.74, 6) is 0.462. The lowest BCUT2D eigenvalue weighted by molar-refractivity contribution is 0.0950. The van der Waals surface area contributed by atoms with E-state index in [2.05, 4.69) is 38.4 Å². The predicted octanol–water partition coefficient (Wildman–Crippen LogP) is 5.43. The minimum atomic E-state index is -0.325. The fraction of sp³-hybridized carbons (Fsp3) is 0.190. The standard InChI is InChI=1S/C21H20BrN3O2S/c1-3-11-27-18-10-9-15(12-17(18)22)13-23-25-20(26)19-14(2)28-21(24-19)16-7-5-4-6-8-16/h4-10,12-13H,3,11H2,1-2H3,(H,25,26)/b23-13-. The first-order valence-corrected chi connectivity index (χ1v) is 10.5. The van der Waals surface area contributed by atoms with Crippen LogP contribution < -0.4 is 10.2 Å². The number of ether oxygens (including phenoxy) is 1. The molecule has 0 radical (unpaired) electrons. The normalized spacial score (nSPS) is 11.0. The highest BCUT2D eigenvalue weighted by atomic mass is 79.9. The molecule has 2 aromatic carbocycles. The molecule has 0 aliphatic heterocycles. The number of hydrazone groups is 1. The number of hydrogen-bond donors (Lipinski definition) is 1. The van der Waals surface area contributed by atoms with Crippen LogP contribution in [0.1, 0.15) is 34.3 Å². The summed E-state index contributed by atoms with van der Waals surface area (Å²) in [6.45, 7) is 4.61. The highest BCUT2D eigenvalue weighted by Crippen LogP contribution is 2.27. The molecule has 0 saturated heterocycles. The van der Waals surface area contributed by atoms with E-state index in [9.17, 15) is 4.79 Å². The number of hydrogen-bond acceptors (Lipinski definition) is 5. The smallest absolute Gasteiger partial charge is 0.291 e. The Morgan fingerprint density at radius 3 is 2.79 bits per heavy atom. The van der Waals surface area contributed by atoms with Gasteiger partial charge in [-0.3, -0.25) is 4.79 Å². The quantitative estimate of drug-likeness (QED) is 0.379. The molecule has 28 heavy (non-hydrogen) atoms. The monoisotopic (exact) mass is 457 g/mol. The fourth-order valence-electron chi connectivity index (χ4n) is 2.46. The fourth-order valence-corrected chi connectivity index (χ4v) is 3.88. The zero-order chi connectivity index (χ0) is 19.9. The largest absolute Gasteiger partial charge is 0.492 e. The van der Waals surface area contributed by atoms with Gasteiger partial charge in [0, 0.05) is 10.4 Å². The van der Waals surface area contributed by atoms with Crippen LogP contribution in [0.5, 0.6) is 5.75 Å². The molecule has 1 heterocycles. The molecule has 7 heteroatoms. The summed E-state index contributed by atoms with van der Waals surface area (Å²) < 4.78 is 6.47. The van der Waals surface area contributed by atoms with Gasteiger partial charge in [-0.25, -0.2) is 10.4 Å². The molecule has 0 aliphatic rings. The number of amides is 1. The Morgan fingerprint density at radius 1 is 1.29 bits per heavy atom. The number of benzene rings is 2. The average molecular weight is 458 g/mol. The number of aryl methyl sites for hydroxylation is 1. The topological polar surface area (TPSA) is 63.6 Å². The number of nitrogens with zero attached hydrogens (tertiary/aromatic N) is 2. The number of thiazole rings is 1.